The third-order valence-electron chi connectivity index (χ3n) is 1.88. The van der Waals surface area contributed by atoms with Crippen molar-refractivity contribution in [2.24, 2.45) is 0 Å². The Hall–Kier alpha value is -1.50. The van der Waals surface area contributed by atoms with Crippen LogP contribution in [0.1, 0.15) is 12.5 Å². The molecule has 0 nitrogen and oxygen atoms in total. The molecular weight excluding hydrogens is 167 g/mol. The molecule has 0 spiro atoms. The van der Waals surface area contributed by atoms with Crippen molar-refractivity contribution in [1.82, 2.24) is 0 Å². The monoisotopic (exact) mass is 182 g/mol. The third kappa shape index (κ3) is 3.95. The standard InChI is InChI=1S/C13H15B/c1-2-7-13(14)11-6-10-12-8-4-3-5-9-12/h2-11H,14H2,1H3/b7-2-,10-6+,13-11+. The van der Waals surface area contributed by atoms with Crippen LogP contribution in [-0.4, -0.2) is 7.85 Å². The van der Waals surface area contributed by atoms with E-state index in [0.29, 0.717) is 0 Å². The average molecular weight is 182 g/mol. The van der Waals surface area contributed by atoms with Gasteiger partial charge in [-0.05, 0) is 12.5 Å². The molecule has 0 saturated heterocycles. The van der Waals surface area contributed by atoms with Gasteiger partial charge in [-0.3, -0.25) is 0 Å². The van der Waals surface area contributed by atoms with Crippen LogP contribution in [0, 0.1) is 0 Å². The summed E-state index contributed by atoms with van der Waals surface area (Å²) in [5, 5.41) is 0. The summed E-state index contributed by atoms with van der Waals surface area (Å²) in [6.07, 6.45) is 10.4. The molecule has 0 fully saturated rings. The van der Waals surface area contributed by atoms with E-state index in [-0.39, 0.29) is 0 Å². The van der Waals surface area contributed by atoms with Crippen molar-refractivity contribution >= 4 is 13.9 Å². The molecule has 1 heteroatoms. The van der Waals surface area contributed by atoms with Gasteiger partial charge in [-0.1, -0.05) is 66.2 Å². The first-order valence-electron chi connectivity index (χ1n) is 4.85. The number of hydrogen-bond acceptors (Lipinski definition) is 0. The van der Waals surface area contributed by atoms with Crippen molar-refractivity contribution in [1.29, 1.82) is 0 Å². The van der Waals surface area contributed by atoms with Crippen molar-refractivity contribution in [3.63, 3.8) is 0 Å². The minimum atomic E-state index is 1.23. The highest BCUT2D eigenvalue weighted by Crippen LogP contribution is 2.01. The summed E-state index contributed by atoms with van der Waals surface area (Å²) in [6, 6.07) is 10.3. The van der Waals surface area contributed by atoms with Gasteiger partial charge in [0.25, 0.3) is 0 Å². The second-order valence-corrected chi connectivity index (χ2v) is 3.18. The highest BCUT2D eigenvalue weighted by molar-refractivity contribution is 6.23. The number of hydrogen-bond donors (Lipinski definition) is 0. The fraction of sp³-hybridized carbons (Fsp3) is 0.0769. The second-order valence-electron chi connectivity index (χ2n) is 3.18. The van der Waals surface area contributed by atoms with E-state index in [2.05, 4.69) is 44.3 Å². The summed E-state index contributed by atoms with van der Waals surface area (Å²) >= 11 is 0. The molecule has 0 amide bonds. The Morgan fingerprint density at radius 3 is 2.57 bits per heavy atom. The van der Waals surface area contributed by atoms with Gasteiger partial charge in [0.1, 0.15) is 7.85 Å². The maximum atomic E-state index is 2.10. The van der Waals surface area contributed by atoms with Crippen LogP contribution in [-0.2, 0) is 0 Å². The van der Waals surface area contributed by atoms with Crippen LogP contribution in [0.2, 0.25) is 0 Å². The van der Waals surface area contributed by atoms with Crippen molar-refractivity contribution < 1.29 is 0 Å². The van der Waals surface area contributed by atoms with E-state index in [9.17, 15) is 0 Å². The van der Waals surface area contributed by atoms with Crippen molar-refractivity contribution in [2.45, 2.75) is 6.92 Å². The fourth-order valence-electron chi connectivity index (χ4n) is 1.19. The van der Waals surface area contributed by atoms with Crippen LogP contribution in [0.25, 0.3) is 6.08 Å². The number of allylic oxidation sites excluding steroid dienone is 5. The zero-order valence-corrected chi connectivity index (χ0v) is 8.77. The SMILES string of the molecule is BC(/C=C\C)=C/C=C/c1ccccc1. The van der Waals surface area contributed by atoms with E-state index < -0.39 is 0 Å². The minimum Gasteiger partial charge on any atom is -0.0893 e. The molecule has 0 aromatic heterocycles. The van der Waals surface area contributed by atoms with Gasteiger partial charge in [0.15, 0.2) is 0 Å². The van der Waals surface area contributed by atoms with E-state index in [1.165, 1.54) is 11.0 Å². The summed E-state index contributed by atoms with van der Waals surface area (Å²) in [5.74, 6) is 0. The fourth-order valence-corrected chi connectivity index (χ4v) is 1.19. The lowest BCUT2D eigenvalue weighted by molar-refractivity contribution is 1.66. The summed E-state index contributed by atoms with van der Waals surface area (Å²) in [4.78, 5) is 0. The Labute approximate surface area is 87.1 Å². The van der Waals surface area contributed by atoms with Crippen LogP contribution in [0.5, 0.6) is 0 Å². The van der Waals surface area contributed by atoms with Crippen LogP contribution in [0.4, 0.5) is 0 Å². The smallest absolute Gasteiger partial charge is 0.0893 e. The molecule has 1 aromatic carbocycles. The molecule has 0 bridgehead atoms. The molecule has 0 saturated carbocycles. The zero-order chi connectivity index (χ0) is 10.2. The molecule has 0 unspecified atom stereocenters. The van der Waals surface area contributed by atoms with Crippen molar-refractivity contribution in [2.75, 3.05) is 0 Å². The Morgan fingerprint density at radius 1 is 1.21 bits per heavy atom. The molecule has 0 heterocycles. The Balaban J connectivity index is 2.62. The topological polar surface area (TPSA) is 0 Å². The van der Waals surface area contributed by atoms with Gasteiger partial charge in [-0.2, -0.15) is 0 Å². The first-order chi connectivity index (χ1) is 6.83. The predicted octanol–water partition coefficient (Wildman–Crippen LogP) is 2.79. The maximum absolute atomic E-state index is 2.10. The van der Waals surface area contributed by atoms with Crippen molar-refractivity contribution in [3.8, 4) is 0 Å². The van der Waals surface area contributed by atoms with Gasteiger partial charge in [-0.25, -0.2) is 0 Å². The summed E-state index contributed by atoms with van der Waals surface area (Å²) in [7, 11) is 2.09. The molecule has 0 aliphatic rings. The van der Waals surface area contributed by atoms with E-state index in [0.717, 1.165) is 0 Å². The zero-order valence-electron chi connectivity index (χ0n) is 8.77. The molecule has 70 valence electrons. The van der Waals surface area contributed by atoms with Gasteiger partial charge in [-0.15, -0.1) is 0 Å². The van der Waals surface area contributed by atoms with Gasteiger partial charge in [0, 0.05) is 0 Å². The first-order valence-corrected chi connectivity index (χ1v) is 4.85. The minimum absolute atomic E-state index is 1.23. The summed E-state index contributed by atoms with van der Waals surface area (Å²) in [6.45, 7) is 2.03. The van der Waals surface area contributed by atoms with Crippen LogP contribution >= 0.6 is 0 Å². The Bertz CT molecular complexity index is 345. The average Bonchev–Trinajstić information content (AvgIpc) is 2.20. The normalized spacial score (nSPS) is 12.8. The van der Waals surface area contributed by atoms with Crippen molar-refractivity contribution in [3.05, 3.63) is 65.7 Å². The van der Waals surface area contributed by atoms with E-state index in [4.69, 9.17) is 0 Å². The lowest BCUT2D eigenvalue weighted by Gasteiger charge is -1.90. The predicted molar refractivity (Wildman–Crippen MR) is 66.9 cm³/mol. The number of benzene rings is 1. The highest BCUT2D eigenvalue weighted by Gasteiger charge is 1.81. The summed E-state index contributed by atoms with van der Waals surface area (Å²) < 4.78 is 0. The van der Waals surface area contributed by atoms with Crippen LogP contribution in [0.15, 0.2) is 60.1 Å². The molecule has 0 aliphatic heterocycles. The lowest BCUT2D eigenvalue weighted by atomic mass is 9.95. The number of rotatable bonds is 3. The molecule has 0 N–H and O–H groups in total. The summed E-state index contributed by atoms with van der Waals surface area (Å²) in [5.41, 5.74) is 2.50. The van der Waals surface area contributed by atoms with Crippen LogP contribution < -0.4 is 0 Å². The molecular formula is C13H15B. The Morgan fingerprint density at radius 2 is 1.93 bits per heavy atom. The third-order valence-corrected chi connectivity index (χ3v) is 1.88. The molecule has 0 atom stereocenters. The molecule has 0 radical (unpaired) electrons. The van der Waals surface area contributed by atoms with Gasteiger partial charge in [0.05, 0.1) is 0 Å². The van der Waals surface area contributed by atoms with E-state index >= 15 is 0 Å². The Kier molecular flexibility index (Phi) is 4.56. The van der Waals surface area contributed by atoms with Gasteiger partial charge < -0.3 is 0 Å². The van der Waals surface area contributed by atoms with E-state index in [1.54, 1.807) is 0 Å². The quantitative estimate of drug-likeness (QED) is 0.498. The van der Waals surface area contributed by atoms with Gasteiger partial charge >= 0.3 is 0 Å². The van der Waals surface area contributed by atoms with Crippen LogP contribution in [0.3, 0.4) is 0 Å². The molecule has 0 aliphatic carbocycles. The maximum Gasteiger partial charge on any atom is 0.139 e. The lowest BCUT2D eigenvalue weighted by Crippen LogP contribution is -1.72. The van der Waals surface area contributed by atoms with E-state index in [1.807, 2.05) is 31.2 Å². The largest absolute Gasteiger partial charge is 0.139 e. The molecule has 1 aromatic rings. The first kappa shape index (κ1) is 10.6. The molecule has 1 rings (SSSR count). The second kappa shape index (κ2) is 6.03. The molecule has 14 heavy (non-hydrogen) atoms. The highest BCUT2D eigenvalue weighted by atomic mass is 13.9. The van der Waals surface area contributed by atoms with Gasteiger partial charge in [0.2, 0.25) is 0 Å².